The predicted molar refractivity (Wildman–Crippen MR) is 157 cm³/mol. The lowest BCUT2D eigenvalue weighted by atomic mass is 9.94. The minimum atomic E-state index is -3.60. The summed E-state index contributed by atoms with van der Waals surface area (Å²) in [4.78, 5) is 22.8. The van der Waals surface area contributed by atoms with Crippen molar-refractivity contribution in [2.24, 2.45) is 11.8 Å². The summed E-state index contributed by atoms with van der Waals surface area (Å²) >= 11 is 1.52. The Labute approximate surface area is 231 Å². The Kier molecular flexibility index (Phi) is 9.23. The average molecular weight is 557 g/mol. The Hall–Kier alpha value is -2.33. The maximum Gasteiger partial charge on any atom is 0.260 e. The van der Waals surface area contributed by atoms with E-state index in [2.05, 4.69) is 51.7 Å². The fraction of sp³-hybridized carbons (Fsp3) is 0.517. The van der Waals surface area contributed by atoms with Crippen molar-refractivity contribution in [3.63, 3.8) is 0 Å². The molecule has 0 radical (unpaired) electrons. The molecule has 0 aliphatic carbocycles. The van der Waals surface area contributed by atoms with Crippen LogP contribution in [-0.4, -0.2) is 67.8 Å². The van der Waals surface area contributed by atoms with Gasteiger partial charge >= 0.3 is 0 Å². The van der Waals surface area contributed by atoms with Gasteiger partial charge in [-0.2, -0.15) is 4.31 Å². The second kappa shape index (κ2) is 12.2. The first-order chi connectivity index (χ1) is 18.2. The van der Waals surface area contributed by atoms with Crippen LogP contribution in [0.15, 0.2) is 47.4 Å². The molecule has 1 aromatic heterocycles. The van der Waals surface area contributed by atoms with Gasteiger partial charge in [0.15, 0.2) is 5.13 Å². The molecule has 38 heavy (non-hydrogen) atoms. The van der Waals surface area contributed by atoms with Crippen molar-refractivity contribution in [1.82, 2.24) is 14.2 Å². The molecule has 3 aromatic rings. The highest BCUT2D eigenvalue weighted by atomic mass is 32.2. The number of fused-ring (bicyclic) bond motifs is 1. The minimum absolute atomic E-state index is 0.170. The van der Waals surface area contributed by atoms with Crippen molar-refractivity contribution in [2.75, 3.05) is 44.2 Å². The highest BCUT2D eigenvalue weighted by Gasteiger charge is 2.32. The van der Waals surface area contributed by atoms with Gasteiger partial charge in [0.25, 0.3) is 5.91 Å². The summed E-state index contributed by atoms with van der Waals surface area (Å²) in [7, 11) is -3.60. The molecule has 1 aliphatic heterocycles. The van der Waals surface area contributed by atoms with Crippen LogP contribution in [0.5, 0.6) is 0 Å². The van der Waals surface area contributed by atoms with Crippen LogP contribution in [0.3, 0.4) is 0 Å². The first kappa shape index (κ1) is 28.7. The molecule has 1 aliphatic rings. The van der Waals surface area contributed by atoms with Gasteiger partial charge in [-0.15, -0.1) is 0 Å². The molecule has 206 valence electrons. The van der Waals surface area contributed by atoms with Crippen LogP contribution in [0, 0.1) is 11.8 Å². The first-order valence-corrected chi connectivity index (χ1v) is 16.0. The molecule has 1 saturated heterocycles. The standard InChI is InChI=1S/C29H40N4O3S2/c1-6-23-9-14-26-27(18-23)37-29(30-26)33(16-15-31(7-2)8-3)28(34)24-10-12-25(13-11-24)38(35,36)32-19-21(4)17-22(5)20-32/h9-14,18,21-22H,6-8,15-17,19-20H2,1-5H3. The van der Waals surface area contributed by atoms with Crippen molar-refractivity contribution in [3.05, 3.63) is 53.6 Å². The van der Waals surface area contributed by atoms with E-state index in [9.17, 15) is 13.2 Å². The molecule has 0 spiro atoms. The molecule has 7 nitrogen and oxygen atoms in total. The Morgan fingerprint density at radius 2 is 1.66 bits per heavy atom. The van der Waals surface area contributed by atoms with E-state index in [0.29, 0.717) is 42.2 Å². The highest BCUT2D eigenvalue weighted by molar-refractivity contribution is 7.89. The van der Waals surface area contributed by atoms with Gasteiger partial charge in [-0.25, -0.2) is 13.4 Å². The number of aryl methyl sites for hydroxylation is 1. The molecular formula is C29H40N4O3S2. The zero-order valence-electron chi connectivity index (χ0n) is 23.2. The molecule has 0 bridgehead atoms. The van der Waals surface area contributed by atoms with E-state index >= 15 is 0 Å². The van der Waals surface area contributed by atoms with Crippen LogP contribution in [0.4, 0.5) is 5.13 Å². The number of benzene rings is 2. The normalized spacial score (nSPS) is 18.8. The number of hydrogen-bond acceptors (Lipinski definition) is 6. The average Bonchev–Trinajstić information content (AvgIpc) is 3.33. The highest BCUT2D eigenvalue weighted by Crippen LogP contribution is 2.31. The number of carbonyl (C=O) groups is 1. The summed E-state index contributed by atoms with van der Waals surface area (Å²) < 4.78 is 29.3. The monoisotopic (exact) mass is 556 g/mol. The van der Waals surface area contributed by atoms with Crippen LogP contribution in [0.1, 0.15) is 57.0 Å². The Bertz CT molecular complexity index is 1340. The molecule has 4 rings (SSSR count). The number of hydrogen-bond donors (Lipinski definition) is 0. The number of carbonyl (C=O) groups excluding carboxylic acids is 1. The lowest BCUT2D eigenvalue weighted by molar-refractivity contribution is 0.0983. The number of anilines is 1. The second-order valence-corrected chi connectivity index (χ2v) is 13.4. The van der Waals surface area contributed by atoms with E-state index in [1.165, 1.54) is 16.9 Å². The number of sulfonamides is 1. The number of aromatic nitrogens is 1. The van der Waals surface area contributed by atoms with Gasteiger partial charge in [-0.05, 0) is 79.7 Å². The van der Waals surface area contributed by atoms with Crippen molar-refractivity contribution in [3.8, 4) is 0 Å². The summed E-state index contributed by atoms with van der Waals surface area (Å²) in [5, 5.41) is 0.665. The quantitative estimate of drug-likeness (QED) is 0.329. The molecule has 1 fully saturated rings. The summed E-state index contributed by atoms with van der Waals surface area (Å²) in [5.41, 5.74) is 2.58. The first-order valence-electron chi connectivity index (χ1n) is 13.7. The van der Waals surface area contributed by atoms with Crippen molar-refractivity contribution < 1.29 is 13.2 Å². The van der Waals surface area contributed by atoms with Crippen LogP contribution < -0.4 is 4.90 Å². The summed E-state index contributed by atoms with van der Waals surface area (Å²) in [5.74, 6) is 0.489. The third-order valence-corrected chi connectivity index (χ3v) is 10.3. The summed E-state index contributed by atoms with van der Waals surface area (Å²) in [6.07, 6.45) is 1.98. The van der Waals surface area contributed by atoms with E-state index in [4.69, 9.17) is 4.98 Å². The molecule has 0 N–H and O–H groups in total. The lowest BCUT2D eigenvalue weighted by Crippen LogP contribution is -2.42. The van der Waals surface area contributed by atoms with E-state index in [0.717, 1.165) is 42.7 Å². The van der Waals surface area contributed by atoms with E-state index < -0.39 is 10.0 Å². The molecule has 2 aromatic carbocycles. The molecule has 2 unspecified atom stereocenters. The van der Waals surface area contributed by atoms with Crippen molar-refractivity contribution >= 4 is 42.6 Å². The van der Waals surface area contributed by atoms with E-state index in [1.54, 1.807) is 33.5 Å². The van der Waals surface area contributed by atoms with Crippen LogP contribution >= 0.6 is 11.3 Å². The smallest absolute Gasteiger partial charge is 0.260 e. The van der Waals surface area contributed by atoms with Gasteiger partial charge in [-0.1, -0.05) is 52.0 Å². The summed E-state index contributed by atoms with van der Waals surface area (Å²) in [6.45, 7) is 14.6. The fourth-order valence-electron chi connectivity index (χ4n) is 5.23. The number of likely N-dealkylation sites (N-methyl/N-ethyl adjacent to an activating group) is 1. The largest absolute Gasteiger partial charge is 0.302 e. The van der Waals surface area contributed by atoms with E-state index in [1.807, 2.05) is 6.07 Å². The van der Waals surface area contributed by atoms with Gasteiger partial charge in [0.2, 0.25) is 10.0 Å². The zero-order chi connectivity index (χ0) is 27.4. The Morgan fingerprint density at radius 1 is 1.00 bits per heavy atom. The number of nitrogens with zero attached hydrogens (tertiary/aromatic N) is 4. The van der Waals surface area contributed by atoms with Gasteiger partial charge in [0.05, 0.1) is 15.1 Å². The third-order valence-electron chi connectivity index (χ3n) is 7.43. The number of piperidine rings is 1. The Morgan fingerprint density at radius 3 is 2.26 bits per heavy atom. The fourth-order valence-corrected chi connectivity index (χ4v) is 7.97. The maximum atomic E-state index is 13.8. The Balaban J connectivity index is 1.61. The van der Waals surface area contributed by atoms with E-state index in [-0.39, 0.29) is 10.8 Å². The van der Waals surface area contributed by atoms with Crippen LogP contribution in [0.2, 0.25) is 0 Å². The topological polar surface area (TPSA) is 73.8 Å². The van der Waals surface area contributed by atoms with Gasteiger partial charge < -0.3 is 4.90 Å². The number of rotatable bonds is 10. The number of amides is 1. The maximum absolute atomic E-state index is 13.8. The van der Waals surface area contributed by atoms with Crippen LogP contribution in [-0.2, 0) is 16.4 Å². The van der Waals surface area contributed by atoms with Gasteiger partial charge in [-0.3, -0.25) is 9.69 Å². The molecule has 2 atom stereocenters. The molecular weight excluding hydrogens is 516 g/mol. The predicted octanol–water partition coefficient (Wildman–Crippen LogP) is 5.51. The molecule has 1 amide bonds. The SMILES string of the molecule is CCc1ccc2nc(N(CCN(CC)CC)C(=O)c3ccc(S(=O)(=O)N4CC(C)CC(C)C4)cc3)sc2c1. The molecule has 9 heteroatoms. The summed E-state index contributed by atoms with van der Waals surface area (Å²) in [6, 6.07) is 12.7. The third kappa shape index (κ3) is 6.28. The molecule has 0 saturated carbocycles. The number of thiazole rings is 1. The second-order valence-electron chi connectivity index (χ2n) is 10.4. The molecule has 2 heterocycles. The minimum Gasteiger partial charge on any atom is -0.302 e. The zero-order valence-corrected chi connectivity index (χ0v) is 24.8. The van der Waals surface area contributed by atoms with Crippen molar-refractivity contribution in [2.45, 2.75) is 52.4 Å². The van der Waals surface area contributed by atoms with Crippen molar-refractivity contribution in [1.29, 1.82) is 0 Å². The van der Waals surface area contributed by atoms with Gasteiger partial charge in [0.1, 0.15) is 0 Å². The lowest BCUT2D eigenvalue weighted by Gasteiger charge is -2.34. The van der Waals surface area contributed by atoms with Crippen LogP contribution in [0.25, 0.3) is 10.2 Å². The van der Waals surface area contributed by atoms with Gasteiger partial charge in [0, 0.05) is 31.7 Å².